The molecule has 0 aromatic carbocycles. The number of carbonyl (C=O) groups excluding carboxylic acids is 2. The van der Waals surface area contributed by atoms with Gasteiger partial charge < -0.3 is 9.64 Å². The van der Waals surface area contributed by atoms with Crippen molar-refractivity contribution in [3.8, 4) is 0 Å². The number of carbonyl (C=O) groups is 2. The van der Waals surface area contributed by atoms with Crippen molar-refractivity contribution in [1.29, 1.82) is 0 Å². The van der Waals surface area contributed by atoms with Gasteiger partial charge in [0.05, 0.1) is 13.2 Å². The fourth-order valence-electron chi connectivity index (χ4n) is 3.05. The van der Waals surface area contributed by atoms with Gasteiger partial charge in [-0.05, 0) is 25.7 Å². The van der Waals surface area contributed by atoms with E-state index in [1.54, 1.807) is 11.8 Å². The summed E-state index contributed by atoms with van der Waals surface area (Å²) in [6.45, 7) is 4.43. The molecular weight excluding hydrogens is 218 g/mol. The van der Waals surface area contributed by atoms with Gasteiger partial charge in [0, 0.05) is 12.5 Å². The van der Waals surface area contributed by atoms with Crippen LogP contribution in [0.5, 0.6) is 0 Å². The molecule has 1 fully saturated rings. The predicted molar refractivity (Wildman–Crippen MR) is 63.6 cm³/mol. The quantitative estimate of drug-likeness (QED) is 0.690. The number of fused-ring (bicyclic) bond motifs is 2. The summed E-state index contributed by atoms with van der Waals surface area (Å²) in [4.78, 5) is 25.0. The smallest absolute Gasteiger partial charge is 0.410 e. The minimum absolute atomic E-state index is 0.0526. The molecule has 0 unspecified atom stereocenters. The number of amides is 1. The van der Waals surface area contributed by atoms with Crippen LogP contribution < -0.4 is 0 Å². The van der Waals surface area contributed by atoms with Gasteiger partial charge in [0.1, 0.15) is 5.78 Å². The molecule has 4 nitrogen and oxygen atoms in total. The molecule has 0 radical (unpaired) electrons. The molecule has 3 aliphatic rings. The van der Waals surface area contributed by atoms with Crippen LogP contribution >= 0.6 is 0 Å². The molecule has 2 heterocycles. The second kappa shape index (κ2) is 4.51. The van der Waals surface area contributed by atoms with Crippen LogP contribution in [0.2, 0.25) is 0 Å². The Kier molecular flexibility index (Phi) is 3.22. The van der Waals surface area contributed by atoms with E-state index >= 15 is 0 Å². The van der Waals surface area contributed by atoms with Gasteiger partial charge in [0.25, 0.3) is 0 Å². The molecule has 17 heavy (non-hydrogen) atoms. The van der Waals surface area contributed by atoms with E-state index in [1.807, 2.05) is 0 Å². The molecule has 0 saturated carbocycles. The van der Waals surface area contributed by atoms with Crippen molar-refractivity contribution in [1.82, 2.24) is 4.90 Å². The van der Waals surface area contributed by atoms with E-state index in [-0.39, 0.29) is 23.8 Å². The number of rotatable bonds is 2. The van der Waals surface area contributed by atoms with Gasteiger partial charge in [0.15, 0.2) is 0 Å². The largest absolute Gasteiger partial charge is 0.453 e. The summed E-state index contributed by atoms with van der Waals surface area (Å²) in [6, 6.07) is -0.0973. The van der Waals surface area contributed by atoms with Crippen LogP contribution in [0.3, 0.4) is 0 Å². The van der Waals surface area contributed by atoms with Crippen molar-refractivity contribution >= 4 is 11.9 Å². The Morgan fingerprint density at radius 2 is 2.24 bits per heavy atom. The SMILES string of the molecule is CCC1=C[C@H]2[C@@H](C(C)=O)C[C@@H]1CN2C(=O)OC. The van der Waals surface area contributed by atoms with E-state index in [0.29, 0.717) is 12.5 Å². The summed E-state index contributed by atoms with van der Waals surface area (Å²) in [6.07, 6.45) is 3.66. The Morgan fingerprint density at radius 1 is 1.53 bits per heavy atom. The van der Waals surface area contributed by atoms with Gasteiger partial charge in [-0.1, -0.05) is 18.6 Å². The number of methoxy groups -OCH3 is 1. The minimum atomic E-state index is -0.322. The summed E-state index contributed by atoms with van der Waals surface area (Å²) in [5, 5.41) is 0. The summed E-state index contributed by atoms with van der Waals surface area (Å²) >= 11 is 0. The van der Waals surface area contributed by atoms with Crippen molar-refractivity contribution in [2.45, 2.75) is 32.7 Å². The van der Waals surface area contributed by atoms with Crippen LogP contribution in [-0.4, -0.2) is 36.5 Å². The van der Waals surface area contributed by atoms with Crippen LogP contribution in [-0.2, 0) is 9.53 Å². The van der Waals surface area contributed by atoms with Gasteiger partial charge >= 0.3 is 6.09 Å². The second-order valence-corrected chi connectivity index (χ2v) is 4.86. The Labute approximate surface area is 102 Å². The first kappa shape index (κ1) is 12.1. The highest BCUT2D eigenvalue weighted by atomic mass is 16.5. The zero-order chi connectivity index (χ0) is 12.6. The molecule has 94 valence electrons. The van der Waals surface area contributed by atoms with Crippen LogP contribution in [0.1, 0.15) is 26.7 Å². The van der Waals surface area contributed by atoms with Crippen molar-refractivity contribution in [2.24, 2.45) is 11.8 Å². The summed E-state index contributed by atoms with van der Waals surface area (Å²) in [5.74, 6) is 0.446. The van der Waals surface area contributed by atoms with Crippen molar-refractivity contribution in [3.63, 3.8) is 0 Å². The van der Waals surface area contributed by atoms with Crippen molar-refractivity contribution in [3.05, 3.63) is 11.6 Å². The Morgan fingerprint density at radius 3 is 2.71 bits per heavy atom. The highest BCUT2D eigenvalue weighted by molar-refractivity contribution is 5.81. The molecule has 1 amide bonds. The predicted octanol–water partition coefficient (Wildman–Crippen LogP) is 2.00. The monoisotopic (exact) mass is 237 g/mol. The fourth-order valence-corrected chi connectivity index (χ4v) is 3.05. The normalized spacial score (nSPS) is 31.1. The number of hydrogen-bond donors (Lipinski definition) is 0. The van der Waals surface area contributed by atoms with E-state index in [4.69, 9.17) is 4.74 Å². The van der Waals surface area contributed by atoms with Crippen LogP contribution in [0.4, 0.5) is 4.79 Å². The number of piperidine rings is 1. The number of ether oxygens (including phenoxy) is 1. The third-order valence-electron chi connectivity index (χ3n) is 3.98. The number of ketones is 1. The first-order valence-corrected chi connectivity index (χ1v) is 6.14. The van der Waals surface area contributed by atoms with Gasteiger partial charge in [-0.25, -0.2) is 4.79 Å². The molecule has 1 aliphatic carbocycles. The van der Waals surface area contributed by atoms with Gasteiger partial charge in [-0.2, -0.15) is 0 Å². The maximum Gasteiger partial charge on any atom is 0.410 e. The van der Waals surface area contributed by atoms with Gasteiger partial charge in [0.2, 0.25) is 0 Å². The van der Waals surface area contributed by atoms with Crippen molar-refractivity contribution < 1.29 is 14.3 Å². The third kappa shape index (κ3) is 1.96. The maximum absolute atomic E-state index is 11.7. The van der Waals surface area contributed by atoms with E-state index in [0.717, 1.165) is 12.8 Å². The summed E-state index contributed by atoms with van der Waals surface area (Å²) in [5.41, 5.74) is 1.38. The van der Waals surface area contributed by atoms with E-state index in [9.17, 15) is 9.59 Å². The van der Waals surface area contributed by atoms with Crippen molar-refractivity contribution in [2.75, 3.05) is 13.7 Å². The molecule has 0 spiro atoms. The molecule has 0 N–H and O–H groups in total. The minimum Gasteiger partial charge on any atom is -0.453 e. The number of nitrogens with zero attached hydrogens (tertiary/aromatic N) is 1. The summed E-state index contributed by atoms with van der Waals surface area (Å²) in [7, 11) is 1.39. The Balaban J connectivity index is 2.29. The molecule has 4 heteroatoms. The lowest BCUT2D eigenvalue weighted by Gasteiger charge is -2.47. The molecule has 3 rings (SSSR count). The van der Waals surface area contributed by atoms with E-state index < -0.39 is 0 Å². The van der Waals surface area contributed by atoms with Gasteiger partial charge in [-0.3, -0.25) is 4.79 Å². The third-order valence-corrected chi connectivity index (χ3v) is 3.98. The second-order valence-electron chi connectivity index (χ2n) is 4.86. The molecule has 2 bridgehead atoms. The van der Waals surface area contributed by atoms with Crippen LogP contribution in [0.25, 0.3) is 0 Å². The summed E-state index contributed by atoms with van der Waals surface area (Å²) < 4.78 is 4.79. The molecule has 0 aromatic rings. The average Bonchev–Trinajstić information content (AvgIpc) is 2.36. The zero-order valence-electron chi connectivity index (χ0n) is 10.6. The number of Topliss-reactive ketones (excluding diaryl/α,β-unsaturated/α-hetero) is 1. The first-order valence-electron chi connectivity index (χ1n) is 6.14. The lowest BCUT2D eigenvalue weighted by atomic mass is 9.71. The zero-order valence-corrected chi connectivity index (χ0v) is 10.6. The molecule has 2 aliphatic heterocycles. The molecule has 1 saturated heterocycles. The molecular formula is C13H19NO3. The van der Waals surface area contributed by atoms with Gasteiger partial charge in [-0.15, -0.1) is 0 Å². The Bertz CT molecular complexity index is 375. The molecule has 3 atom stereocenters. The first-order chi connectivity index (χ1) is 8.08. The number of hydrogen-bond acceptors (Lipinski definition) is 3. The fraction of sp³-hybridized carbons (Fsp3) is 0.692. The topological polar surface area (TPSA) is 46.6 Å². The molecule has 0 aromatic heterocycles. The lowest BCUT2D eigenvalue weighted by molar-refractivity contribution is -0.124. The highest BCUT2D eigenvalue weighted by Crippen LogP contribution is 2.40. The van der Waals surface area contributed by atoms with Crippen LogP contribution in [0, 0.1) is 11.8 Å². The average molecular weight is 237 g/mol. The van der Waals surface area contributed by atoms with E-state index in [1.165, 1.54) is 12.7 Å². The Hall–Kier alpha value is -1.32. The van der Waals surface area contributed by atoms with Crippen LogP contribution in [0.15, 0.2) is 11.6 Å². The standard InChI is InChI=1S/C13H19NO3/c1-4-9-6-12-11(8(2)15)5-10(9)7-14(12)13(16)17-3/h6,10-12H,4-5,7H2,1-3H3/t10-,11-,12+/m1/s1. The van der Waals surface area contributed by atoms with E-state index in [2.05, 4.69) is 13.0 Å². The highest BCUT2D eigenvalue weighted by Gasteiger charge is 2.44. The lowest BCUT2D eigenvalue weighted by Crippen LogP contribution is -2.55. The maximum atomic E-state index is 11.7.